The molecule has 0 aliphatic carbocycles. The third-order valence-corrected chi connectivity index (χ3v) is 5.76. The Morgan fingerprint density at radius 2 is 1.52 bits per heavy atom. The van der Waals surface area contributed by atoms with Crippen molar-refractivity contribution in [1.82, 2.24) is 0 Å². The van der Waals surface area contributed by atoms with E-state index in [1.165, 1.54) is 0 Å². The van der Waals surface area contributed by atoms with Crippen LogP contribution in [0.2, 0.25) is 10.0 Å². The van der Waals surface area contributed by atoms with Crippen molar-refractivity contribution in [3.05, 3.63) is 87.9 Å². The molecule has 0 bridgehead atoms. The van der Waals surface area contributed by atoms with Gasteiger partial charge in [0.2, 0.25) is 5.91 Å². The van der Waals surface area contributed by atoms with E-state index in [1.54, 1.807) is 48.2 Å². The molecule has 0 spiro atoms. The number of ether oxygens (including phenoxy) is 1. The highest BCUT2D eigenvalue weighted by Gasteiger charge is 2.21. The number of aliphatic carboxylic acids is 1. The van der Waals surface area contributed by atoms with Crippen LogP contribution in [0.5, 0.6) is 11.5 Å². The quantitative estimate of drug-likeness (QED) is 0.367. The minimum absolute atomic E-state index is 0.0155. The Kier molecular flexibility index (Phi) is 8.01. The molecular weight excluding hydrogens is 461 g/mol. The number of hydrogen-bond donors (Lipinski definition) is 1. The van der Waals surface area contributed by atoms with Crippen LogP contribution in [0.3, 0.4) is 0 Å². The maximum Gasteiger partial charge on any atom is 0.310 e. The van der Waals surface area contributed by atoms with E-state index >= 15 is 0 Å². The van der Waals surface area contributed by atoms with Gasteiger partial charge in [0.15, 0.2) is 5.75 Å². The summed E-state index contributed by atoms with van der Waals surface area (Å²) in [7, 11) is 0. The van der Waals surface area contributed by atoms with Gasteiger partial charge in [0.1, 0.15) is 5.75 Å². The molecule has 3 aromatic rings. The SMILES string of the molecule is CC(C)C(=O)N(Cc1ccccc1)c1ccc(Oc2c(Cl)cc(C(C)C(=O)O)cc2Cl)cc1. The molecule has 0 saturated heterocycles. The number of nitrogens with zero attached hydrogens (tertiary/aromatic N) is 1. The second-order valence-electron chi connectivity index (χ2n) is 8.03. The number of rotatable bonds is 8. The second kappa shape index (κ2) is 10.7. The van der Waals surface area contributed by atoms with E-state index in [4.69, 9.17) is 27.9 Å². The van der Waals surface area contributed by atoms with Crippen molar-refractivity contribution >= 4 is 40.8 Å². The molecule has 5 nitrogen and oxygen atoms in total. The van der Waals surface area contributed by atoms with E-state index in [9.17, 15) is 14.7 Å². The molecule has 0 aliphatic heterocycles. The van der Waals surface area contributed by atoms with Crippen LogP contribution >= 0.6 is 23.2 Å². The van der Waals surface area contributed by atoms with Gasteiger partial charge in [0.25, 0.3) is 0 Å². The number of carboxylic acid groups (broad SMARTS) is 1. The molecule has 0 saturated carbocycles. The first kappa shape index (κ1) is 24.6. The number of halogens is 2. The van der Waals surface area contributed by atoms with Crippen molar-refractivity contribution in [3.63, 3.8) is 0 Å². The summed E-state index contributed by atoms with van der Waals surface area (Å²) in [5.41, 5.74) is 2.26. The van der Waals surface area contributed by atoms with E-state index in [0.717, 1.165) is 11.3 Å². The van der Waals surface area contributed by atoms with Crippen LogP contribution in [-0.4, -0.2) is 17.0 Å². The Morgan fingerprint density at radius 3 is 2.03 bits per heavy atom. The lowest BCUT2D eigenvalue weighted by molar-refractivity contribution is -0.138. The Labute approximate surface area is 203 Å². The fourth-order valence-electron chi connectivity index (χ4n) is 3.26. The predicted octanol–water partition coefficient (Wildman–Crippen LogP) is 7.16. The van der Waals surface area contributed by atoms with Gasteiger partial charge >= 0.3 is 5.97 Å². The molecular formula is C26H25Cl2NO4. The molecule has 33 heavy (non-hydrogen) atoms. The Morgan fingerprint density at radius 1 is 0.939 bits per heavy atom. The van der Waals surface area contributed by atoms with Crippen LogP contribution in [-0.2, 0) is 16.1 Å². The fraction of sp³-hybridized carbons (Fsp3) is 0.231. The largest absolute Gasteiger partial charge is 0.481 e. The van der Waals surface area contributed by atoms with Gasteiger partial charge < -0.3 is 14.7 Å². The normalized spacial score (nSPS) is 11.8. The van der Waals surface area contributed by atoms with Gasteiger partial charge in [-0.2, -0.15) is 0 Å². The number of benzene rings is 3. The van der Waals surface area contributed by atoms with Gasteiger partial charge in [-0.15, -0.1) is 0 Å². The molecule has 3 rings (SSSR count). The summed E-state index contributed by atoms with van der Waals surface area (Å²) >= 11 is 12.7. The second-order valence-corrected chi connectivity index (χ2v) is 8.85. The molecule has 1 amide bonds. The average molecular weight is 486 g/mol. The lowest BCUT2D eigenvalue weighted by Crippen LogP contribution is -2.33. The first-order valence-electron chi connectivity index (χ1n) is 10.5. The standard InChI is InChI=1S/C26H25Cl2NO4/c1-16(2)25(30)29(15-18-7-5-4-6-8-18)20-9-11-21(12-10-20)33-24-22(27)13-19(14-23(24)28)17(3)26(31)32/h4-14,16-17H,15H2,1-3H3,(H,31,32). The first-order chi connectivity index (χ1) is 15.7. The number of carbonyl (C=O) groups is 2. The van der Waals surface area contributed by atoms with Crippen LogP contribution in [0.4, 0.5) is 5.69 Å². The van der Waals surface area contributed by atoms with E-state index in [-0.39, 0.29) is 27.6 Å². The number of carboxylic acids is 1. The summed E-state index contributed by atoms with van der Waals surface area (Å²) in [6, 6.07) is 20.0. The average Bonchev–Trinajstić information content (AvgIpc) is 2.79. The lowest BCUT2D eigenvalue weighted by atomic mass is 10.0. The zero-order valence-electron chi connectivity index (χ0n) is 18.6. The number of carbonyl (C=O) groups excluding carboxylic acids is 1. The summed E-state index contributed by atoms with van der Waals surface area (Å²) in [6.45, 7) is 5.76. The zero-order chi connectivity index (χ0) is 24.1. The van der Waals surface area contributed by atoms with Gasteiger partial charge in [0, 0.05) is 11.6 Å². The fourth-order valence-corrected chi connectivity index (χ4v) is 3.84. The first-order valence-corrected chi connectivity index (χ1v) is 11.3. The number of anilines is 1. The maximum atomic E-state index is 12.9. The maximum absolute atomic E-state index is 12.9. The minimum Gasteiger partial charge on any atom is -0.481 e. The van der Waals surface area contributed by atoms with Crippen molar-refractivity contribution in [2.24, 2.45) is 5.92 Å². The summed E-state index contributed by atoms with van der Waals surface area (Å²) in [5.74, 6) is -1.13. The monoisotopic (exact) mass is 485 g/mol. The molecule has 0 radical (unpaired) electrons. The number of amides is 1. The highest BCUT2D eigenvalue weighted by atomic mass is 35.5. The zero-order valence-corrected chi connectivity index (χ0v) is 20.1. The van der Waals surface area contributed by atoms with Crippen LogP contribution < -0.4 is 9.64 Å². The number of hydrogen-bond acceptors (Lipinski definition) is 3. The summed E-state index contributed by atoms with van der Waals surface area (Å²) in [6.07, 6.45) is 0. The third kappa shape index (κ3) is 6.06. The van der Waals surface area contributed by atoms with E-state index in [2.05, 4.69) is 0 Å². The molecule has 3 aromatic carbocycles. The Hall–Kier alpha value is -3.02. The molecule has 1 unspecified atom stereocenters. The molecule has 0 aliphatic rings. The van der Waals surface area contributed by atoms with E-state index < -0.39 is 11.9 Å². The molecule has 7 heteroatoms. The van der Waals surface area contributed by atoms with E-state index in [0.29, 0.717) is 17.9 Å². The van der Waals surface area contributed by atoms with Crippen molar-refractivity contribution in [1.29, 1.82) is 0 Å². The van der Waals surface area contributed by atoms with Gasteiger partial charge in [-0.05, 0) is 54.4 Å². The summed E-state index contributed by atoms with van der Waals surface area (Å²) in [5, 5.41) is 9.65. The van der Waals surface area contributed by atoms with Crippen LogP contribution in [0.1, 0.15) is 37.8 Å². The smallest absolute Gasteiger partial charge is 0.310 e. The predicted molar refractivity (Wildman–Crippen MR) is 131 cm³/mol. The van der Waals surface area contributed by atoms with Crippen molar-refractivity contribution in [2.75, 3.05) is 4.90 Å². The Bertz CT molecular complexity index is 1110. The minimum atomic E-state index is -0.970. The van der Waals surface area contributed by atoms with Crippen molar-refractivity contribution < 1.29 is 19.4 Å². The molecule has 1 N–H and O–H groups in total. The molecule has 0 fully saturated rings. The van der Waals surface area contributed by atoms with Gasteiger partial charge in [-0.25, -0.2) is 0 Å². The molecule has 0 heterocycles. The van der Waals surface area contributed by atoms with Gasteiger partial charge in [-0.1, -0.05) is 67.4 Å². The lowest BCUT2D eigenvalue weighted by Gasteiger charge is -2.25. The highest BCUT2D eigenvalue weighted by molar-refractivity contribution is 6.37. The van der Waals surface area contributed by atoms with Crippen molar-refractivity contribution in [3.8, 4) is 11.5 Å². The third-order valence-electron chi connectivity index (χ3n) is 5.20. The topological polar surface area (TPSA) is 66.8 Å². The molecule has 1 atom stereocenters. The molecule has 172 valence electrons. The van der Waals surface area contributed by atoms with Crippen LogP contribution in [0, 0.1) is 5.92 Å². The van der Waals surface area contributed by atoms with Gasteiger partial charge in [0.05, 0.1) is 22.5 Å². The summed E-state index contributed by atoms with van der Waals surface area (Å²) in [4.78, 5) is 25.9. The Balaban J connectivity index is 1.84. The van der Waals surface area contributed by atoms with Crippen LogP contribution in [0.15, 0.2) is 66.7 Å². The summed E-state index contributed by atoms with van der Waals surface area (Å²) < 4.78 is 5.88. The highest BCUT2D eigenvalue weighted by Crippen LogP contribution is 2.39. The van der Waals surface area contributed by atoms with E-state index in [1.807, 2.05) is 44.2 Å². The van der Waals surface area contributed by atoms with Crippen LogP contribution in [0.25, 0.3) is 0 Å². The van der Waals surface area contributed by atoms with Crippen molar-refractivity contribution in [2.45, 2.75) is 33.2 Å². The molecule has 0 aromatic heterocycles. The van der Waals surface area contributed by atoms with Gasteiger partial charge in [-0.3, -0.25) is 9.59 Å².